The van der Waals surface area contributed by atoms with Crippen molar-refractivity contribution < 1.29 is 0 Å². The Bertz CT molecular complexity index is 1590. The molecular formula is C38H33N3. The molecule has 0 atom stereocenters. The van der Waals surface area contributed by atoms with E-state index >= 15 is 0 Å². The molecule has 3 nitrogen and oxygen atoms in total. The predicted octanol–water partition coefficient (Wildman–Crippen LogP) is 10.4. The Balaban J connectivity index is 1.31. The standard InChI is InChI=1S/C38H33N3/c1-28-27-31(21-26-37(28)41-34-15-9-4-10-16-34)38(29-17-22-35(23-18-29)39-32-11-5-2-6-12-32)30-19-24-36(25-20-30)40-33-13-7-3-8-14-33/h2-27,38-41H,1H3. The molecular weight excluding hydrogens is 498 g/mol. The highest BCUT2D eigenvalue weighted by atomic mass is 14.9. The van der Waals surface area contributed by atoms with Crippen molar-refractivity contribution in [3.05, 3.63) is 180 Å². The highest BCUT2D eigenvalue weighted by molar-refractivity contribution is 5.66. The first-order chi connectivity index (χ1) is 20.2. The highest BCUT2D eigenvalue weighted by Gasteiger charge is 2.18. The summed E-state index contributed by atoms with van der Waals surface area (Å²) in [6, 6.07) is 55.2. The van der Waals surface area contributed by atoms with Gasteiger partial charge in [0.2, 0.25) is 0 Å². The molecule has 3 heteroatoms. The molecule has 0 saturated heterocycles. The molecule has 6 aromatic rings. The summed E-state index contributed by atoms with van der Waals surface area (Å²) in [5, 5.41) is 10.6. The Morgan fingerprint density at radius 3 is 1.15 bits per heavy atom. The van der Waals surface area contributed by atoms with Gasteiger partial charge in [-0.15, -0.1) is 0 Å². The third-order valence-corrected chi connectivity index (χ3v) is 7.25. The van der Waals surface area contributed by atoms with E-state index in [0.717, 1.165) is 34.1 Å². The number of hydrogen-bond acceptors (Lipinski definition) is 3. The van der Waals surface area contributed by atoms with Crippen LogP contribution in [0.25, 0.3) is 0 Å². The Morgan fingerprint density at radius 1 is 0.366 bits per heavy atom. The van der Waals surface area contributed by atoms with Crippen LogP contribution in [0, 0.1) is 6.92 Å². The van der Waals surface area contributed by atoms with Gasteiger partial charge in [-0.05, 0) is 95.9 Å². The maximum absolute atomic E-state index is 3.56. The van der Waals surface area contributed by atoms with Crippen LogP contribution in [0.4, 0.5) is 34.1 Å². The van der Waals surface area contributed by atoms with E-state index in [-0.39, 0.29) is 5.92 Å². The minimum absolute atomic E-state index is 0.0935. The van der Waals surface area contributed by atoms with Crippen molar-refractivity contribution in [2.45, 2.75) is 12.8 Å². The Hall–Kier alpha value is -5.28. The third kappa shape index (κ3) is 6.48. The molecule has 0 fully saturated rings. The van der Waals surface area contributed by atoms with Gasteiger partial charge < -0.3 is 16.0 Å². The number of nitrogens with one attached hydrogen (secondary N) is 3. The number of para-hydroxylation sites is 3. The van der Waals surface area contributed by atoms with Gasteiger partial charge in [-0.2, -0.15) is 0 Å². The summed E-state index contributed by atoms with van der Waals surface area (Å²) in [4.78, 5) is 0. The second kappa shape index (κ2) is 12.3. The minimum atomic E-state index is 0.0935. The van der Waals surface area contributed by atoms with Crippen LogP contribution < -0.4 is 16.0 Å². The van der Waals surface area contributed by atoms with Gasteiger partial charge in [-0.1, -0.05) is 91.0 Å². The van der Waals surface area contributed by atoms with Crippen molar-refractivity contribution in [2.75, 3.05) is 16.0 Å². The third-order valence-electron chi connectivity index (χ3n) is 7.25. The molecule has 6 rings (SSSR count). The van der Waals surface area contributed by atoms with Gasteiger partial charge in [0.25, 0.3) is 0 Å². The molecule has 0 heterocycles. The Morgan fingerprint density at radius 2 is 0.732 bits per heavy atom. The van der Waals surface area contributed by atoms with Crippen LogP contribution in [-0.2, 0) is 0 Å². The van der Waals surface area contributed by atoms with Crippen molar-refractivity contribution in [1.82, 2.24) is 0 Å². The molecule has 0 aliphatic heterocycles. The van der Waals surface area contributed by atoms with Gasteiger partial charge in [0.1, 0.15) is 0 Å². The van der Waals surface area contributed by atoms with Crippen LogP contribution >= 0.6 is 0 Å². The maximum Gasteiger partial charge on any atom is 0.0414 e. The van der Waals surface area contributed by atoms with E-state index in [0.29, 0.717) is 0 Å². The number of hydrogen-bond donors (Lipinski definition) is 3. The summed E-state index contributed by atoms with van der Waals surface area (Å²) in [5.41, 5.74) is 11.5. The molecule has 0 aromatic heterocycles. The number of anilines is 6. The lowest BCUT2D eigenvalue weighted by Gasteiger charge is -2.22. The van der Waals surface area contributed by atoms with Gasteiger partial charge in [0.05, 0.1) is 0 Å². The monoisotopic (exact) mass is 531 g/mol. The molecule has 41 heavy (non-hydrogen) atoms. The number of aryl methyl sites for hydroxylation is 1. The smallest absolute Gasteiger partial charge is 0.0414 e. The second-order valence-electron chi connectivity index (χ2n) is 10.2. The fourth-order valence-corrected chi connectivity index (χ4v) is 5.16. The van der Waals surface area contributed by atoms with E-state index in [1.165, 1.54) is 22.3 Å². The van der Waals surface area contributed by atoms with E-state index < -0.39 is 0 Å². The summed E-state index contributed by atoms with van der Waals surface area (Å²) >= 11 is 0. The summed E-state index contributed by atoms with van der Waals surface area (Å²) in [6.07, 6.45) is 0. The number of rotatable bonds is 9. The molecule has 0 unspecified atom stereocenters. The maximum atomic E-state index is 3.56. The minimum Gasteiger partial charge on any atom is -0.356 e. The first-order valence-electron chi connectivity index (χ1n) is 14.0. The largest absolute Gasteiger partial charge is 0.356 e. The van der Waals surface area contributed by atoms with Crippen molar-refractivity contribution in [3.63, 3.8) is 0 Å². The molecule has 6 aromatic carbocycles. The van der Waals surface area contributed by atoms with Crippen molar-refractivity contribution >= 4 is 34.1 Å². The summed E-state index contributed by atoms with van der Waals surface area (Å²) in [5.74, 6) is 0.0935. The van der Waals surface area contributed by atoms with Gasteiger partial charge in [-0.3, -0.25) is 0 Å². The molecule has 0 bridgehead atoms. The lowest BCUT2D eigenvalue weighted by molar-refractivity contribution is 0.975. The van der Waals surface area contributed by atoms with E-state index in [1.54, 1.807) is 0 Å². The quantitative estimate of drug-likeness (QED) is 0.162. The average Bonchev–Trinajstić information content (AvgIpc) is 3.02. The fourth-order valence-electron chi connectivity index (χ4n) is 5.16. The molecule has 0 saturated carbocycles. The molecule has 0 aliphatic rings. The van der Waals surface area contributed by atoms with Crippen molar-refractivity contribution in [1.29, 1.82) is 0 Å². The van der Waals surface area contributed by atoms with E-state index in [2.05, 4.69) is 138 Å². The Labute approximate surface area is 242 Å². The van der Waals surface area contributed by atoms with Crippen molar-refractivity contribution in [3.8, 4) is 0 Å². The molecule has 0 radical (unpaired) electrons. The predicted molar refractivity (Wildman–Crippen MR) is 174 cm³/mol. The first-order valence-corrected chi connectivity index (χ1v) is 14.0. The lowest BCUT2D eigenvalue weighted by atomic mass is 9.84. The zero-order valence-corrected chi connectivity index (χ0v) is 23.1. The van der Waals surface area contributed by atoms with Crippen LogP contribution in [-0.4, -0.2) is 0 Å². The zero-order chi connectivity index (χ0) is 27.9. The van der Waals surface area contributed by atoms with Gasteiger partial charge in [-0.25, -0.2) is 0 Å². The van der Waals surface area contributed by atoms with Crippen molar-refractivity contribution in [2.24, 2.45) is 0 Å². The average molecular weight is 532 g/mol. The topological polar surface area (TPSA) is 36.1 Å². The molecule has 3 N–H and O–H groups in total. The lowest BCUT2D eigenvalue weighted by Crippen LogP contribution is -2.05. The van der Waals surface area contributed by atoms with Gasteiger partial charge in [0, 0.05) is 40.0 Å². The molecule has 0 aliphatic carbocycles. The molecule has 200 valence electrons. The fraction of sp³-hybridized carbons (Fsp3) is 0.0526. The highest BCUT2D eigenvalue weighted by Crippen LogP contribution is 2.36. The van der Waals surface area contributed by atoms with Crippen LogP contribution in [0.15, 0.2) is 158 Å². The summed E-state index contributed by atoms with van der Waals surface area (Å²) < 4.78 is 0. The Kier molecular flexibility index (Phi) is 7.77. The summed E-state index contributed by atoms with van der Waals surface area (Å²) in [7, 11) is 0. The van der Waals surface area contributed by atoms with E-state index in [9.17, 15) is 0 Å². The zero-order valence-electron chi connectivity index (χ0n) is 23.1. The number of benzene rings is 6. The SMILES string of the molecule is Cc1cc(C(c2ccc(Nc3ccccc3)cc2)c2ccc(Nc3ccccc3)cc2)ccc1Nc1ccccc1. The second-order valence-corrected chi connectivity index (χ2v) is 10.2. The normalized spacial score (nSPS) is 10.8. The van der Waals surface area contributed by atoms with Crippen LogP contribution in [0.5, 0.6) is 0 Å². The van der Waals surface area contributed by atoms with Crippen LogP contribution in [0.3, 0.4) is 0 Å². The molecule has 0 spiro atoms. The van der Waals surface area contributed by atoms with E-state index in [4.69, 9.17) is 0 Å². The molecule has 0 amide bonds. The van der Waals surface area contributed by atoms with Gasteiger partial charge in [0.15, 0.2) is 0 Å². The first kappa shape index (κ1) is 26.0. The summed E-state index contributed by atoms with van der Waals surface area (Å²) in [6.45, 7) is 2.17. The van der Waals surface area contributed by atoms with Crippen LogP contribution in [0.2, 0.25) is 0 Å². The van der Waals surface area contributed by atoms with Crippen LogP contribution in [0.1, 0.15) is 28.2 Å². The van der Waals surface area contributed by atoms with Gasteiger partial charge >= 0.3 is 0 Å². The van der Waals surface area contributed by atoms with E-state index in [1.807, 2.05) is 42.5 Å².